The van der Waals surface area contributed by atoms with Gasteiger partial charge in [0.15, 0.2) is 0 Å². The first-order valence-electron chi connectivity index (χ1n) is 8.40. The molecule has 2 aliphatic heterocycles. The molecule has 2 heterocycles. The minimum absolute atomic E-state index is 0.187. The van der Waals surface area contributed by atoms with E-state index in [2.05, 4.69) is 12.2 Å². The average Bonchev–Trinajstić information content (AvgIpc) is 2.93. The van der Waals surface area contributed by atoms with Crippen LogP contribution in [0.15, 0.2) is 0 Å². The van der Waals surface area contributed by atoms with Crippen LogP contribution < -0.4 is 5.32 Å². The Morgan fingerprint density at radius 2 is 2.05 bits per heavy atom. The van der Waals surface area contributed by atoms with Crippen molar-refractivity contribution in [2.45, 2.75) is 63.2 Å². The smallest absolute Gasteiger partial charge is 0.0964 e. The second kappa shape index (κ2) is 6.73. The Hall–Kier alpha value is -0.160. The lowest BCUT2D eigenvalue weighted by Gasteiger charge is -2.44. The van der Waals surface area contributed by atoms with Crippen LogP contribution in [-0.2, 0) is 14.2 Å². The van der Waals surface area contributed by atoms with Crippen molar-refractivity contribution in [2.24, 2.45) is 5.92 Å². The summed E-state index contributed by atoms with van der Waals surface area (Å²) in [6.45, 7) is 6.31. The number of hydrogen-bond donors (Lipinski definition) is 1. The molecule has 20 heavy (non-hydrogen) atoms. The first kappa shape index (κ1) is 14.8. The van der Waals surface area contributed by atoms with Crippen LogP contribution in [0.4, 0.5) is 0 Å². The van der Waals surface area contributed by atoms with Gasteiger partial charge >= 0.3 is 0 Å². The highest BCUT2D eigenvalue weighted by Crippen LogP contribution is 2.43. The summed E-state index contributed by atoms with van der Waals surface area (Å²) in [6.07, 6.45) is 7.74. The molecular weight excluding hydrogens is 254 g/mol. The van der Waals surface area contributed by atoms with Crippen LogP contribution in [-0.4, -0.2) is 50.7 Å². The van der Waals surface area contributed by atoms with Crippen LogP contribution in [0, 0.1) is 5.92 Å². The average molecular weight is 283 g/mol. The summed E-state index contributed by atoms with van der Waals surface area (Å²) in [7, 11) is 0. The van der Waals surface area contributed by atoms with Gasteiger partial charge < -0.3 is 19.5 Å². The predicted octanol–water partition coefficient (Wildman–Crippen LogP) is 2.12. The van der Waals surface area contributed by atoms with Crippen molar-refractivity contribution < 1.29 is 14.2 Å². The van der Waals surface area contributed by atoms with Crippen molar-refractivity contribution in [3.05, 3.63) is 0 Å². The molecule has 0 bridgehead atoms. The van der Waals surface area contributed by atoms with Crippen molar-refractivity contribution in [3.63, 3.8) is 0 Å². The highest BCUT2D eigenvalue weighted by molar-refractivity contribution is 4.96. The predicted molar refractivity (Wildman–Crippen MR) is 77.9 cm³/mol. The van der Waals surface area contributed by atoms with Gasteiger partial charge in [-0.2, -0.15) is 0 Å². The maximum absolute atomic E-state index is 6.17. The molecule has 3 unspecified atom stereocenters. The van der Waals surface area contributed by atoms with Crippen molar-refractivity contribution in [1.29, 1.82) is 0 Å². The number of hydrogen-bond acceptors (Lipinski definition) is 4. The van der Waals surface area contributed by atoms with Gasteiger partial charge in [-0.3, -0.25) is 0 Å². The lowest BCUT2D eigenvalue weighted by atomic mass is 9.79. The highest BCUT2D eigenvalue weighted by atomic mass is 16.6. The highest BCUT2D eigenvalue weighted by Gasteiger charge is 2.43. The van der Waals surface area contributed by atoms with E-state index in [0.717, 1.165) is 39.4 Å². The van der Waals surface area contributed by atoms with Gasteiger partial charge in [0.1, 0.15) is 0 Å². The summed E-state index contributed by atoms with van der Waals surface area (Å²) >= 11 is 0. The van der Waals surface area contributed by atoms with Gasteiger partial charge in [-0.15, -0.1) is 0 Å². The zero-order valence-electron chi connectivity index (χ0n) is 12.7. The molecule has 0 radical (unpaired) electrons. The molecule has 1 N–H and O–H groups in total. The van der Waals surface area contributed by atoms with E-state index in [1.165, 1.54) is 32.1 Å². The molecule has 4 heteroatoms. The van der Waals surface area contributed by atoms with E-state index in [1.807, 2.05) is 0 Å². The number of ether oxygens (including phenoxy) is 3. The van der Waals surface area contributed by atoms with Crippen LogP contribution in [0.5, 0.6) is 0 Å². The Morgan fingerprint density at radius 1 is 1.20 bits per heavy atom. The SMILES string of the molecule is CCNC(C1CCOC2(CCCC2)C1)C1COCCO1. The van der Waals surface area contributed by atoms with Crippen molar-refractivity contribution in [3.8, 4) is 0 Å². The van der Waals surface area contributed by atoms with E-state index in [4.69, 9.17) is 14.2 Å². The summed E-state index contributed by atoms with van der Waals surface area (Å²) in [6, 6.07) is 0.418. The summed E-state index contributed by atoms with van der Waals surface area (Å²) in [5.41, 5.74) is 0.187. The fraction of sp³-hybridized carbons (Fsp3) is 1.00. The van der Waals surface area contributed by atoms with E-state index in [-0.39, 0.29) is 11.7 Å². The van der Waals surface area contributed by atoms with Gasteiger partial charge in [0.2, 0.25) is 0 Å². The van der Waals surface area contributed by atoms with Crippen LogP contribution in [0.2, 0.25) is 0 Å². The van der Waals surface area contributed by atoms with Gasteiger partial charge in [0.25, 0.3) is 0 Å². The molecule has 0 amide bonds. The maximum atomic E-state index is 6.17. The molecule has 0 aromatic heterocycles. The number of rotatable bonds is 4. The summed E-state index contributed by atoms with van der Waals surface area (Å²) < 4.78 is 17.8. The summed E-state index contributed by atoms with van der Waals surface area (Å²) in [4.78, 5) is 0. The number of nitrogens with one attached hydrogen (secondary N) is 1. The molecule has 3 rings (SSSR count). The summed E-state index contributed by atoms with van der Waals surface area (Å²) in [5.74, 6) is 0.661. The zero-order valence-corrected chi connectivity index (χ0v) is 12.7. The third-order valence-electron chi connectivity index (χ3n) is 5.24. The van der Waals surface area contributed by atoms with E-state index in [0.29, 0.717) is 12.0 Å². The van der Waals surface area contributed by atoms with Gasteiger partial charge in [-0.25, -0.2) is 0 Å². The van der Waals surface area contributed by atoms with E-state index in [9.17, 15) is 0 Å². The topological polar surface area (TPSA) is 39.7 Å². The molecule has 116 valence electrons. The quantitative estimate of drug-likeness (QED) is 0.858. The molecule has 4 nitrogen and oxygen atoms in total. The van der Waals surface area contributed by atoms with Gasteiger partial charge in [0.05, 0.1) is 31.5 Å². The van der Waals surface area contributed by atoms with E-state index in [1.54, 1.807) is 0 Å². The Morgan fingerprint density at radius 3 is 2.75 bits per heavy atom. The second-order valence-electron chi connectivity index (χ2n) is 6.56. The standard InChI is InChI=1S/C16H29NO3/c1-2-17-15(14-12-18-9-10-19-14)13-5-8-20-16(11-13)6-3-4-7-16/h13-15,17H,2-12H2,1H3. The van der Waals surface area contributed by atoms with Crippen molar-refractivity contribution in [2.75, 3.05) is 33.0 Å². The Kier molecular flexibility index (Phi) is 4.97. The second-order valence-corrected chi connectivity index (χ2v) is 6.56. The van der Waals surface area contributed by atoms with Gasteiger partial charge in [-0.05, 0) is 38.1 Å². The first-order chi connectivity index (χ1) is 9.83. The lowest BCUT2D eigenvalue weighted by Crippen LogP contribution is -2.54. The molecular formula is C16H29NO3. The Balaban J connectivity index is 1.66. The Labute approximate surface area is 122 Å². The van der Waals surface area contributed by atoms with Crippen LogP contribution in [0.3, 0.4) is 0 Å². The maximum Gasteiger partial charge on any atom is 0.0964 e. The third-order valence-corrected chi connectivity index (χ3v) is 5.24. The fourth-order valence-corrected chi connectivity index (χ4v) is 4.29. The molecule has 3 aliphatic rings. The monoisotopic (exact) mass is 283 g/mol. The molecule has 3 atom stereocenters. The van der Waals surface area contributed by atoms with Crippen LogP contribution in [0.1, 0.15) is 45.4 Å². The normalized spacial score (nSPS) is 35.2. The fourth-order valence-electron chi connectivity index (χ4n) is 4.29. The van der Waals surface area contributed by atoms with Crippen LogP contribution >= 0.6 is 0 Å². The summed E-state index contributed by atoms with van der Waals surface area (Å²) in [5, 5.41) is 3.67. The van der Waals surface area contributed by atoms with Crippen molar-refractivity contribution in [1.82, 2.24) is 5.32 Å². The molecule has 2 saturated heterocycles. The molecule has 0 aromatic carbocycles. The molecule has 1 saturated carbocycles. The largest absolute Gasteiger partial charge is 0.376 e. The lowest BCUT2D eigenvalue weighted by molar-refractivity contribution is -0.136. The first-order valence-corrected chi connectivity index (χ1v) is 8.40. The van der Waals surface area contributed by atoms with E-state index < -0.39 is 0 Å². The number of likely N-dealkylation sites (N-methyl/N-ethyl adjacent to an activating group) is 1. The zero-order chi connectivity index (χ0) is 13.8. The van der Waals surface area contributed by atoms with Gasteiger partial charge in [0, 0.05) is 12.6 Å². The third kappa shape index (κ3) is 3.19. The minimum atomic E-state index is 0.187. The van der Waals surface area contributed by atoms with Crippen LogP contribution in [0.25, 0.3) is 0 Å². The molecule has 1 aliphatic carbocycles. The minimum Gasteiger partial charge on any atom is -0.376 e. The van der Waals surface area contributed by atoms with Gasteiger partial charge in [-0.1, -0.05) is 19.8 Å². The van der Waals surface area contributed by atoms with E-state index >= 15 is 0 Å². The molecule has 1 spiro atoms. The van der Waals surface area contributed by atoms with Crippen molar-refractivity contribution >= 4 is 0 Å². The molecule has 0 aromatic rings. The molecule has 3 fully saturated rings. The Bertz CT molecular complexity index is 298.